The van der Waals surface area contributed by atoms with Crippen molar-refractivity contribution in [3.63, 3.8) is 0 Å². The number of hydrogen-bond donors (Lipinski definition) is 3. The highest BCUT2D eigenvalue weighted by atomic mass is 32.1. The van der Waals surface area contributed by atoms with Crippen LogP contribution in [0.2, 0.25) is 0 Å². The Kier molecular flexibility index (Phi) is 26.5. The van der Waals surface area contributed by atoms with Crippen LogP contribution >= 0.6 is 21.8 Å². The summed E-state index contributed by atoms with van der Waals surface area (Å²) in [5.41, 5.74) is 5.21. The third-order valence-electron chi connectivity index (χ3n) is 0.808. The van der Waals surface area contributed by atoms with Crippen LogP contribution in [-0.2, 0) is 4.57 Å². The van der Waals surface area contributed by atoms with Gasteiger partial charge in [-0.1, -0.05) is 19.8 Å². The largest absolute Gasteiger partial charge is 0.692 e. The molecule has 0 heterocycles. The van der Waals surface area contributed by atoms with Gasteiger partial charge in [-0.3, -0.25) is 0 Å². The van der Waals surface area contributed by atoms with Gasteiger partial charge in [0.1, 0.15) is 0 Å². The molecule has 0 aliphatic carbocycles. The quantitative estimate of drug-likeness (QED) is 0.468. The standard InChI is InChI=1S/C5H13N.HO3P.H2S/c1-2-3-4-5-6;1-4(2)3;/h2-6H2,1H3;(H-,1,2,3);1H2/p+1. The first-order valence-corrected chi connectivity index (χ1v) is 4.36. The fraction of sp³-hybridized carbons (Fsp3) is 1.00. The van der Waals surface area contributed by atoms with Gasteiger partial charge < -0.3 is 5.73 Å². The lowest BCUT2D eigenvalue weighted by Gasteiger charge is -1.86. The van der Waals surface area contributed by atoms with Crippen LogP contribution in [0.1, 0.15) is 26.2 Å². The highest BCUT2D eigenvalue weighted by Gasteiger charge is 1.93. The summed E-state index contributed by atoms with van der Waals surface area (Å²) in [6.07, 6.45) is 3.75. The topological polar surface area (TPSA) is 83.6 Å². The molecule has 4 nitrogen and oxygen atoms in total. The molecule has 0 aromatic heterocycles. The van der Waals surface area contributed by atoms with Gasteiger partial charge in [0.2, 0.25) is 0 Å². The monoisotopic (exact) mass is 202 g/mol. The summed E-state index contributed by atoms with van der Waals surface area (Å²) in [6, 6.07) is 0. The van der Waals surface area contributed by atoms with E-state index in [2.05, 4.69) is 6.92 Å². The van der Waals surface area contributed by atoms with E-state index in [9.17, 15) is 0 Å². The predicted molar refractivity (Wildman–Crippen MR) is 51.0 cm³/mol. The smallest absolute Gasteiger partial charge is 0.330 e. The van der Waals surface area contributed by atoms with Crippen LogP contribution in [-0.4, -0.2) is 16.3 Å². The van der Waals surface area contributed by atoms with E-state index in [4.69, 9.17) is 20.1 Å². The first-order valence-electron chi connectivity index (χ1n) is 3.20. The van der Waals surface area contributed by atoms with Crippen molar-refractivity contribution in [2.24, 2.45) is 5.73 Å². The van der Waals surface area contributed by atoms with Crippen LogP contribution in [0.15, 0.2) is 0 Å². The molecule has 11 heavy (non-hydrogen) atoms. The molecule has 0 saturated carbocycles. The van der Waals surface area contributed by atoms with Crippen molar-refractivity contribution in [1.29, 1.82) is 0 Å². The van der Waals surface area contributed by atoms with Crippen molar-refractivity contribution in [2.75, 3.05) is 6.54 Å². The molecule has 0 aromatic rings. The van der Waals surface area contributed by atoms with Gasteiger partial charge in [0.05, 0.1) is 0 Å². The Hall–Kier alpha value is 0.330. The maximum absolute atomic E-state index is 8.70. The zero-order chi connectivity index (χ0) is 8.41. The van der Waals surface area contributed by atoms with Crippen LogP contribution < -0.4 is 5.73 Å². The average Bonchev–Trinajstić information content (AvgIpc) is 1.82. The van der Waals surface area contributed by atoms with Gasteiger partial charge in [0.25, 0.3) is 0 Å². The molecule has 70 valence electrons. The van der Waals surface area contributed by atoms with Crippen LogP contribution in [0.4, 0.5) is 0 Å². The van der Waals surface area contributed by atoms with E-state index in [1.54, 1.807) is 0 Å². The lowest BCUT2D eigenvalue weighted by molar-refractivity contribution is 0.405. The third kappa shape index (κ3) is 64.6. The molecule has 0 spiro atoms. The van der Waals surface area contributed by atoms with Gasteiger partial charge in [0.15, 0.2) is 0 Å². The molecule has 0 bridgehead atoms. The first-order chi connectivity index (χ1) is 4.65. The molecule has 0 atom stereocenters. The van der Waals surface area contributed by atoms with E-state index >= 15 is 0 Å². The SMILES string of the molecule is CCCCCN.O=[P+](O)O.S. The summed E-state index contributed by atoms with van der Waals surface area (Å²) in [5, 5.41) is 0. The van der Waals surface area contributed by atoms with Gasteiger partial charge in [-0.25, -0.2) is 0 Å². The molecule has 4 N–H and O–H groups in total. The molecule has 0 aliphatic rings. The van der Waals surface area contributed by atoms with Crippen LogP contribution in [0.3, 0.4) is 0 Å². The van der Waals surface area contributed by atoms with Crippen LogP contribution in [0.5, 0.6) is 0 Å². The lowest BCUT2D eigenvalue weighted by Crippen LogP contribution is -1.96. The second-order valence-corrected chi connectivity index (χ2v) is 2.25. The Morgan fingerprint density at radius 2 is 1.73 bits per heavy atom. The fourth-order valence-corrected chi connectivity index (χ4v) is 0.394. The van der Waals surface area contributed by atoms with E-state index in [1.807, 2.05) is 0 Å². The van der Waals surface area contributed by atoms with Gasteiger partial charge >= 0.3 is 8.25 Å². The van der Waals surface area contributed by atoms with Crippen molar-refractivity contribution in [3.8, 4) is 0 Å². The number of nitrogens with two attached hydrogens (primary N) is 1. The van der Waals surface area contributed by atoms with E-state index in [0.717, 1.165) is 6.54 Å². The second kappa shape index (κ2) is 16.7. The Bertz CT molecular complexity index is 76.1. The first kappa shape index (κ1) is 17.4. The molecular weight excluding hydrogens is 185 g/mol. The van der Waals surface area contributed by atoms with Crippen molar-refractivity contribution in [2.45, 2.75) is 26.2 Å². The summed E-state index contributed by atoms with van der Waals surface area (Å²) in [7, 11) is -2.87. The van der Waals surface area contributed by atoms with Gasteiger partial charge in [0, 0.05) is 4.57 Å². The Labute approximate surface area is 75.2 Å². The Morgan fingerprint density at radius 3 is 1.82 bits per heavy atom. The summed E-state index contributed by atoms with van der Waals surface area (Å²) < 4.78 is 8.70. The molecule has 0 aromatic carbocycles. The van der Waals surface area contributed by atoms with E-state index < -0.39 is 8.25 Å². The normalized spacial score (nSPS) is 7.27. The number of rotatable bonds is 3. The van der Waals surface area contributed by atoms with E-state index in [0.29, 0.717) is 0 Å². The predicted octanol–water partition coefficient (Wildman–Crippen LogP) is 0.876. The van der Waals surface area contributed by atoms with Crippen molar-refractivity contribution < 1.29 is 14.4 Å². The van der Waals surface area contributed by atoms with Crippen LogP contribution in [0, 0.1) is 0 Å². The van der Waals surface area contributed by atoms with Crippen molar-refractivity contribution in [1.82, 2.24) is 0 Å². The van der Waals surface area contributed by atoms with E-state index in [1.165, 1.54) is 19.3 Å². The molecular formula is C5H17NO3PS+. The summed E-state index contributed by atoms with van der Waals surface area (Å²) in [6.45, 7) is 3.03. The zero-order valence-electron chi connectivity index (χ0n) is 6.66. The minimum Gasteiger partial charge on any atom is -0.330 e. The molecule has 0 aliphatic heterocycles. The second-order valence-electron chi connectivity index (χ2n) is 1.75. The average molecular weight is 202 g/mol. The molecule has 0 fully saturated rings. The molecule has 0 amide bonds. The lowest BCUT2D eigenvalue weighted by atomic mass is 10.3. The highest BCUT2D eigenvalue weighted by molar-refractivity contribution is 7.59. The minimum absolute atomic E-state index is 0. The molecule has 0 radical (unpaired) electrons. The fourth-order valence-electron chi connectivity index (χ4n) is 0.394. The molecule has 0 saturated heterocycles. The molecule has 0 rings (SSSR count). The van der Waals surface area contributed by atoms with Crippen LogP contribution in [0.25, 0.3) is 0 Å². The van der Waals surface area contributed by atoms with E-state index in [-0.39, 0.29) is 13.5 Å². The Balaban J connectivity index is -0.000000114. The van der Waals surface area contributed by atoms with Gasteiger partial charge in [-0.2, -0.15) is 13.5 Å². The van der Waals surface area contributed by atoms with Gasteiger partial charge in [-0.05, 0) is 13.0 Å². The maximum atomic E-state index is 8.70. The highest BCUT2D eigenvalue weighted by Crippen LogP contribution is 1.98. The van der Waals surface area contributed by atoms with Crippen molar-refractivity contribution >= 4 is 21.8 Å². The third-order valence-corrected chi connectivity index (χ3v) is 0.808. The Morgan fingerprint density at radius 1 is 1.36 bits per heavy atom. The zero-order valence-corrected chi connectivity index (χ0v) is 8.55. The van der Waals surface area contributed by atoms with Crippen molar-refractivity contribution in [3.05, 3.63) is 0 Å². The summed E-state index contributed by atoms with van der Waals surface area (Å²) in [4.78, 5) is 14.2. The number of unbranched alkanes of at least 4 members (excludes halogenated alkanes) is 2. The minimum atomic E-state index is -2.87. The van der Waals surface area contributed by atoms with Gasteiger partial charge in [-0.15, -0.1) is 9.79 Å². The molecule has 6 heteroatoms. The maximum Gasteiger partial charge on any atom is 0.692 e. The molecule has 0 unspecified atom stereocenters. The summed E-state index contributed by atoms with van der Waals surface area (Å²) >= 11 is 0. The number of hydrogen-bond acceptors (Lipinski definition) is 2. The summed E-state index contributed by atoms with van der Waals surface area (Å²) in [5.74, 6) is 0.